The van der Waals surface area contributed by atoms with Gasteiger partial charge in [-0.1, -0.05) is 121 Å². The molecule has 0 radical (unpaired) electrons. The molecule has 3 nitrogen and oxygen atoms in total. The van der Waals surface area contributed by atoms with Crippen molar-refractivity contribution in [2.24, 2.45) is 0 Å². The molecule has 4 heteroatoms. The van der Waals surface area contributed by atoms with Gasteiger partial charge in [0.15, 0.2) is 5.82 Å². The molecule has 1 heterocycles. The monoisotopic (exact) mass is 518 g/mol. The topological polar surface area (TPSA) is 35.0 Å². The number of hydrogen-bond acceptors (Lipinski definition) is 3. The molecule has 1 atom stereocenters. The number of alkyl halides is 1. The van der Waals surface area contributed by atoms with Gasteiger partial charge in [0.2, 0.25) is 0 Å². The summed E-state index contributed by atoms with van der Waals surface area (Å²) in [5, 5.41) is 0. The molecule has 0 aliphatic rings. The lowest BCUT2D eigenvalue weighted by molar-refractivity contribution is 0.184. The second-order valence-electron chi connectivity index (χ2n) is 10.5. The van der Waals surface area contributed by atoms with Crippen molar-refractivity contribution in [3.63, 3.8) is 0 Å². The molecule has 1 unspecified atom stereocenters. The lowest BCUT2D eigenvalue weighted by Gasteiger charge is -2.11. The summed E-state index contributed by atoms with van der Waals surface area (Å²) in [4.78, 5) is 9.21. The number of benzene rings is 2. The summed E-state index contributed by atoms with van der Waals surface area (Å²) < 4.78 is 19.6. The van der Waals surface area contributed by atoms with Crippen LogP contribution in [0.5, 0.6) is 5.75 Å². The second kappa shape index (κ2) is 17.7. The Morgan fingerprint density at radius 2 is 1.18 bits per heavy atom. The molecule has 3 rings (SSSR count). The maximum atomic E-state index is 14.0. The maximum Gasteiger partial charge on any atom is 0.159 e. The number of aryl methyl sites for hydroxylation is 1. The number of rotatable bonds is 19. The van der Waals surface area contributed by atoms with Crippen molar-refractivity contribution in [1.29, 1.82) is 0 Å². The van der Waals surface area contributed by atoms with Gasteiger partial charge in [-0.15, -0.1) is 0 Å². The van der Waals surface area contributed by atoms with E-state index in [9.17, 15) is 4.39 Å². The summed E-state index contributed by atoms with van der Waals surface area (Å²) in [6.45, 7) is 4.51. The highest BCUT2D eigenvalue weighted by molar-refractivity contribution is 5.64. The average molecular weight is 519 g/mol. The molecule has 0 spiro atoms. The van der Waals surface area contributed by atoms with E-state index in [1.54, 1.807) is 0 Å². The standard InChI is InChI=1S/C34H47FN2O/c1-3-5-7-8-9-10-11-12-14-15-28-17-19-30(20-18-28)34-36-25-31(26-37-34)29-21-23-33(24-22-29)38-27-32(35)16-13-6-4-2/h17-26,32H,3-16,27H2,1-2H3. The number of hydrogen-bond donors (Lipinski definition) is 0. The van der Waals surface area contributed by atoms with E-state index in [2.05, 4.69) is 48.1 Å². The number of ether oxygens (including phenoxy) is 1. The average Bonchev–Trinajstić information content (AvgIpc) is 2.96. The Kier molecular flexibility index (Phi) is 13.9. The minimum absolute atomic E-state index is 0.110. The van der Waals surface area contributed by atoms with Gasteiger partial charge in [-0.05, 0) is 42.5 Å². The van der Waals surface area contributed by atoms with Gasteiger partial charge >= 0.3 is 0 Å². The van der Waals surface area contributed by atoms with Gasteiger partial charge < -0.3 is 4.74 Å². The number of nitrogens with zero attached hydrogens (tertiary/aromatic N) is 2. The summed E-state index contributed by atoms with van der Waals surface area (Å²) in [7, 11) is 0. The van der Waals surface area contributed by atoms with Crippen molar-refractivity contribution < 1.29 is 9.13 Å². The molecule has 0 bridgehead atoms. The maximum absolute atomic E-state index is 14.0. The molecule has 0 aliphatic carbocycles. The highest BCUT2D eigenvalue weighted by Gasteiger charge is 2.08. The van der Waals surface area contributed by atoms with Crippen molar-refractivity contribution in [1.82, 2.24) is 9.97 Å². The molecule has 1 aromatic heterocycles. The lowest BCUT2D eigenvalue weighted by atomic mass is 10.0. The SMILES string of the molecule is CCCCCCCCCCCc1ccc(-c2ncc(-c3ccc(OCC(F)CCCCC)cc3)cn2)cc1. The summed E-state index contributed by atoms with van der Waals surface area (Å²) in [5.74, 6) is 1.42. The summed E-state index contributed by atoms with van der Waals surface area (Å²) in [5.41, 5.74) is 4.39. The Hall–Kier alpha value is -2.75. The molecule has 0 saturated carbocycles. The van der Waals surface area contributed by atoms with Gasteiger partial charge in [-0.3, -0.25) is 0 Å². The molecule has 0 aliphatic heterocycles. The van der Waals surface area contributed by atoms with E-state index in [1.807, 2.05) is 36.7 Å². The molecule has 0 amide bonds. The minimum Gasteiger partial charge on any atom is -0.491 e. The lowest BCUT2D eigenvalue weighted by Crippen LogP contribution is -2.12. The molecule has 2 aromatic carbocycles. The minimum atomic E-state index is -0.911. The van der Waals surface area contributed by atoms with Crippen LogP contribution in [0.25, 0.3) is 22.5 Å². The van der Waals surface area contributed by atoms with Crippen LogP contribution in [0.4, 0.5) is 4.39 Å². The molecule has 0 saturated heterocycles. The predicted octanol–water partition coefficient (Wildman–Crippen LogP) is 10.2. The first kappa shape index (κ1) is 29.8. The third kappa shape index (κ3) is 10.9. The van der Waals surface area contributed by atoms with Crippen LogP contribution in [0, 0.1) is 0 Å². The Morgan fingerprint density at radius 1 is 0.632 bits per heavy atom. The number of unbranched alkanes of at least 4 members (excludes halogenated alkanes) is 10. The predicted molar refractivity (Wildman–Crippen MR) is 158 cm³/mol. The molecule has 206 valence electrons. The van der Waals surface area contributed by atoms with Gasteiger partial charge in [0.05, 0.1) is 0 Å². The molecule has 3 aromatic rings. The Morgan fingerprint density at radius 3 is 1.82 bits per heavy atom. The number of aromatic nitrogens is 2. The molecule has 0 N–H and O–H groups in total. The molecular formula is C34H47FN2O. The highest BCUT2D eigenvalue weighted by atomic mass is 19.1. The zero-order chi connectivity index (χ0) is 26.8. The summed E-state index contributed by atoms with van der Waals surface area (Å²) in [6.07, 6.45) is 19.8. The van der Waals surface area contributed by atoms with E-state index in [0.717, 1.165) is 48.2 Å². The zero-order valence-electron chi connectivity index (χ0n) is 23.6. The fourth-order valence-corrected chi connectivity index (χ4v) is 4.72. The van der Waals surface area contributed by atoms with Gasteiger partial charge in [0.1, 0.15) is 18.5 Å². The van der Waals surface area contributed by atoms with Crippen LogP contribution in [0.3, 0.4) is 0 Å². The fraction of sp³-hybridized carbons (Fsp3) is 0.529. The first-order chi connectivity index (χ1) is 18.7. The Labute approximate surface area is 230 Å². The normalized spacial score (nSPS) is 12.0. The van der Waals surface area contributed by atoms with Crippen molar-refractivity contribution in [2.75, 3.05) is 6.61 Å². The van der Waals surface area contributed by atoms with Crippen LogP contribution in [0.1, 0.15) is 103 Å². The van der Waals surface area contributed by atoms with E-state index < -0.39 is 6.17 Å². The van der Waals surface area contributed by atoms with Crippen molar-refractivity contribution in [3.8, 4) is 28.3 Å². The van der Waals surface area contributed by atoms with E-state index >= 15 is 0 Å². The first-order valence-corrected chi connectivity index (χ1v) is 15.0. The van der Waals surface area contributed by atoms with Crippen LogP contribution in [-0.2, 0) is 6.42 Å². The third-order valence-electron chi connectivity index (χ3n) is 7.17. The van der Waals surface area contributed by atoms with Crippen LogP contribution in [0.2, 0.25) is 0 Å². The smallest absolute Gasteiger partial charge is 0.159 e. The van der Waals surface area contributed by atoms with E-state index in [4.69, 9.17) is 4.74 Å². The quantitative estimate of drug-likeness (QED) is 0.148. The third-order valence-corrected chi connectivity index (χ3v) is 7.17. The largest absolute Gasteiger partial charge is 0.491 e. The van der Waals surface area contributed by atoms with Gasteiger partial charge in [-0.2, -0.15) is 0 Å². The fourth-order valence-electron chi connectivity index (χ4n) is 4.72. The highest BCUT2D eigenvalue weighted by Crippen LogP contribution is 2.24. The van der Waals surface area contributed by atoms with E-state index in [-0.39, 0.29) is 6.61 Å². The van der Waals surface area contributed by atoms with Crippen LogP contribution < -0.4 is 4.74 Å². The van der Waals surface area contributed by atoms with Crippen molar-refractivity contribution in [3.05, 3.63) is 66.5 Å². The van der Waals surface area contributed by atoms with Crippen LogP contribution in [0.15, 0.2) is 60.9 Å². The van der Waals surface area contributed by atoms with E-state index in [0.29, 0.717) is 12.2 Å². The molecule has 0 fully saturated rings. The Bertz CT molecular complexity index is 1000. The van der Waals surface area contributed by atoms with Gasteiger partial charge in [-0.25, -0.2) is 14.4 Å². The molecule has 38 heavy (non-hydrogen) atoms. The second-order valence-corrected chi connectivity index (χ2v) is 10.5. The zero-order valence-corrected chi connectivity index (χ0v) is 23.6. The van der Waals surface area contributed by atoms with Gasteiger partial charge in [0.25, 0.3) is 0 Å². The van der Waals surface area contributed by atoms with Crippen LogP contribution in [-0.4, -0.2) is 22.7 Å². The summed E-state index contributed by atoms with van der Waals surface area (Å²) in [6, 6.07) is 16.4. The number of halogens is 1. The van der Waals surface area contributed by atoms with Gasteiger partial charge in [0, 0.05) is 23.5 Å². The first-order valence-electron chi connectivity index (χ1n) is 15.0. The van der Waals surface area contributed by atoms with E-state index in [1.165, 1.54) is 63.4 Å². The molecular weight excluding hydrogens is 471 g/mol. The Balaban J connectivity index is 1.40. The van der Waals surface area contributed by atoms with Crippen molar-refractivity contribution in [2.45, 2.75) is 110 Å². The van der Waals surface area contributed by atoms with Crippen LogP contribution >= 0.6 is 0 Å². The van der Waals surface area contributed by atoms with Crippen molar-refractivity contribution >= 4 is 0 Å². The summed E-state index contributed by atoms with van der Waals surface area (Å²) >= 11 is 0.